The van der Waals surface area contributed by atoms with Crippen LogP contribution < -0.4 is 5.32 Å². The van der Waals surface area contributed by atoms with Gasteiger partial charge in [0.05, 0.1) is 30.1 Å². The molecule has 24 heavy (non-hydrogen) atoms. The van der Waals surface area contributed by atoms with E-state index in [1.165, 1.54) is 0 Å². The molecule has 124 valence electrons. The number of hydrogen-bond donors (Lipinski definition) is 2. The van der Waals surface area contributed by atoms with Gasteiger partial charge in [-0.05, 0) is 26.0 Å². The Hall–Kier alpha value is -2.67. The van der Waals surface area contributed by atoms with Crippen LogP contribution >= 0.6 is 0 Å². The van der Waals surface area contributed by atoms with E-state index in [0.717, 1.165) is 22.6 Å². The number of imidazole rings is 1. The van der Waals surface area contributed by atoms with Crippen LogP contribution in [0.25, 0.3) is 5.65 Å². The lowest BCUT2D eigenvalue weighted by Crippen LogP contribution is -2.27. The molecule has 7 nitrogen and oxygen atoms in total. The highest BCUT2D eigenvalue weighted by Crippen LogP contribution is 2.30. The monoisotopic (exact) mass is 325 g/mol. The van der Waals surface area contributed by atoms with Crippen molar-refractivity contribution in [2.24, 2.45) is 0 Å². The van der Waals surface area contributed by atoms with E-state index < -0.39 is 0 Å². The smallest absolute Gasteiger partial charge is 0.272 e. The molecule has 1 amide bonds. The number of ether oxygens (including phenoxy) is 1. The summed E-state index contributed by atoms with van der Waals surface area (Å²) in [6.45, 7) is 4.33. The van der Waals surface area contributed by atoms with E-state index in [9.17, 15) is 4.79 Å². The maximum atomic E-state index is 12.5. The molecule has 2 atom stereocenters. The summed E-state index contributed by atoms with van der Waals surface area (Å²) < 4.78 is 7.68. The van der Waals surface area contributed by atoms with Gasteiger partial charge >= 0.3 is 0 Å². The third kappa shape index (κ3) is 2.56. The Balaban J connectivity index is 1.51. The van der Waals surface area contributed by atoms with Gasteiger partial charge in [0.2, 0.25) is 0 Å². The van der Waals surface area contributed by atoms with E-state index in [1.54, 1.807) is 0 Å². The van der Waals surface area contributed by atoms with Crippen LogP contribution in [0.3, 0.4) is 0 Å². The van der Waals surface area contributed by atoms with Crippen LogP contribution in [0, 0.1) is 0 Å². The fourth-order valence-corrected chi connectivity index (χ4v) is 3.19. The van der Waals surface area contributed by atoms with Crippen molar-refractivity contribution in [1.29, 1.82) is 0 Å². The second kappa shape index (κ2) is 5.76. The Morgan fingerprint density at radius 3 is 3.17 bits per heavy atom. The number of pyridine rings is 1. The van der Waals surface area contributed by atoms with Gasteiger partial charge in [0, 0.05) is 24.4 Å². The van der Waals surface area contributed by atoms with Gasteiger partial charge in [-0.15, -0.1) is 0 Å². The summed E-state index contributed by atoms with van der Waals surface area (Å²) in [5.74, 6) is -0.189. The SMILES string of the molecule is C[C@@H]1Cc2c(C(=O)NCc3cn4ccccc4n3)n[nH]c2[C@H](C)O1. The number of amides is 1. The Labute approximate surface area is 139 Å². The molecular weight excluding hydrogens is 306 g/mol. The number of nitrogens with zero attached hydrogens (tertiary/aromatic N) is 3. The van der Waals surface area contributed by atoms with Crippen LogP contribution in [0.5, 0.6) is 0 Å². The van der Waals surface area contributed by atoms with Crippen LogP contribution in [-0.2, 0) is 17.7 Å². The Morgan fingerprint density at radius 2 is 2.33 bits per heavy atom. The zero-order valence-corrected chi connectivity index (χ0v) is 13.6. The zero-order chi connectivity index (χ0) is 16.7. The topological polar surface area (TPSA) is 84.3 Å². The molecule has 1 aliphatic heterocycles. The molecule has 0 fully saturated rings. The molecule has 0 aliphatic carbocycles. The third-order valence-corrected chi connectivity index (χ3v) is 4.29. The first-order valence-corrected chi connectivity index (χ1v) is 8.05. The maximum Gasteiger partial charge on any atom is 0.272 e. The lowest BCUT2D eigenvalue weighted by Gasteiger charge is -2.25. The van der Waals surface area contributed by atoms with Crippen molar-refractivity contribution in [1.82, 2.24) is 24.9 Å². The van der Waals surface area contributed by atoms with E-state index in [4.69, 9.17) is 4.74 Å². The number of carbonyl (C=O) groups is 1. The van der Waals surface area contributed by atoms with Crippen molar-refractivity contribution in [3.05, 3.63) is 53.2 Å². The minimum Gasteiger partial charge on any atom is -0.369 e. The van der Waals surface area contributed by atoms with Crippen molar-refractivity contribution < 1.29 is 9.53 Å². The highest BCUT2D eigenvalue weighted by atomic mass is 16.5. The Morgan fingerprint density at radius 1 is 1.46 bits per heavy atom. The second-order valence-electron chi connectivity index (χ2n) is 6.14. The average Bonchev–Trinajstić information content (AvgIpc) is 3.16. The number of fused-ring (bicyclic) bond motifs is 2. The largest absolute Gasteiger partial charge is 0.369 e. The van der Waals surface area contributed by atoms with Crippen molar-refractivity contribution in [3.8, 4) is 0 Å². The molecule has 0 unspecified atom stereocenters. The summed E-state index contributed by atoms with van der Waals surface area (Å²) in [5.41, 5.74) is 3.97. The number of hydrogen-bond acceptors (Lipinski definition) is 4. The van der Waals surface area contributed by atoms with Crippen LogP contribution in [0.4, 0.5) is 0 Å². The summed E-state index contributed by atoms with van der Waals surface area (Å²) >= 11 is 0. The molecule has 4 heterocycles. The fraction of sp³-hybridized carbons (Fsp3) is 0.353. The highest BCUT2D eigenvalue weighted by molar-refractivity contribution is 5.94. The van der Waals surface area contributed by atoms with Crippen molar-refractivity contribution in [2.45, 2.75) is 39.0 Å². The highest BCUT2D eigenvalue weighted by Gasteiger charge is 2.29. The average molecular weight is 325 g/mol. The van der Waals surface area contributed by atoms with Gasteiger partial charge in [0.25, 0.3) is 5.91 Å². The Kier molecular flexibility index (Phi) is 3.57. The fourth-order valence-electron chi connectivity index (χ4n) is 3.19. The second-order valence-corrected chi connectivity index (χ2v) is 6.14. The number of aromatic nitrogens is 4. The number of H-pyrrole nitrogens is 1. The van der Waals surface area contributed by atoms with Gasteiger partial charge in [0.15, 0.2) is 5.69 Å². The molecule has 3 aromatic heterocycles. The first-order chi connectivity index (χ1) is 11.6. The first kappa shape index (κ1) is 14.9. The van der Waals surface area contributed by atoms with Crippen LogP contribution in [0.1, 0.15) is 47.4 Å². The van der Waals surface area contributed by atoms with Crippen molar-refractivity contribution in [3.63, 3.8) is 0 Å². The van der Waals surface area contributed by atoms with E-state index in [1.807, 2.05) is 48.8 Å². The Bertz CT molecular complexity index is 864. The van der Waals surface area contributed by atoms with Crippen molar-refractivity contribution >= 4 is 11.6 Å². The van der Waals surface area contributed by atoms with E-state index >= 15 is 0 Å². The summed E-state index contributed by atoms with van der Waals surface area (Å²) in [4.78, 5) is 17.0. The molecule has 0 saturated heterocycles. The van der Waals surface area contributed by atoms with Crippen molar-refractivity contribution in [2.75, 3.05) is 0 Å². The van der Waals surface area contributed by atoms with E-state index in [2.05, 4.69) is 20.5 Å². The quantitative estimate of drug-likeness (QED) is 0.771. The lowest BCUT2D eigenvalue weighted by molar-refractivity contribution is -0.00697. The molecule has 0 bridgehead atoms. The number of aromatic amines is 1. The maximum absolute atomic E-state index is 12.5. The van der Waals surface area contributed by atoms with Gasteiger partial charge in [-0.3, -0.25) is 9.89 Å². The molecule has 0 radical (unpaired) electrons. The van der Waals surface area contributed by atoms with Gasteiger partial charge in [-0.2, -0.15) is 5.10 Å². The van der Waals surface area contributed by atoms with Gasteiger partial charge in [-0.1, -0.05) is 6.07 Å². The summed E-state index contributed by atoms with van der Waals surface area (Å²) in [5, 5.41) is 10.0. The number of carbonyl (C=O) groups excluding carboxylic acids is 1. The molecule has 3 aromatic rings. The first-order valence-electron chi connectivity index (χ1n) is 8.05. The molecule has 1 aliphatic rings. The molecule has 7 heteroatoms. The van der Waals surface area contributed by atoms with Gasteiger partial charge in [0.1, 0.15) is 5.65 Å². The molecule has 0 aromatic carbocycles. The summed E-state index contributed by atoms with van der Waals surface area (Å²) in [6, 6.07) is 5.81. The van der Waals surface area contributed by atoms with Crippen LogP contribution in [0.2, 0.25) is 0 Å². The number of rotatable bonds is 3. The zero-order valence-electron chi connectivity index (χ0n) is 13.6. The molecule has 4 rings (SSSR count). The molecule has 0 spiro atoms. The predicted molar refractivity (Wildman–Crippen MR) is 87.6 cm³/mol. The minimum absolute atomic E-state index is 0.0729. The number of nitrogens with one attached hydrogen (secondary N) is 2. The predicted octanol–water partition coefficient (Wildman–Crippen LogP) is 2.01. The minimum atomic E-state index is -0.189. The molecule has 0 saturated carbocycles. The third-order valence-electron chi connectivity index (χ3n) is 4.29. The van der Waals surface area contributed by atoms with Crippen LogP contribution in [-0.4, -0.2) is 31.6 Å². The molecular formula is C17H19N5O2. The summed E-state index contributed by atoms with van der Waals surface area (Å²) in [7, 11) is 0. The lowest BCUT2D eigenvalue weighted by atomic mass is 9.99. The summed E-state index contributed by atoms with van der Waals surface area (Å²) in [6.07, 6.45) is 4.54. The van der Waals surface area contributed by atoms with E-state index in [0.29, 0.717) is 18.7 Å². The van der Waals surface area contributed by atoms with E-state index in [-0.39, 0.29) is 18.1 Å². The van der Waals surface area contributed by atoms with Crippen LogP contribution in [0.15, 0.2) is 30.6 Å². The van der Waals surface area contributed by atoms with Gasteiger partial charge < -0.3 is 14.5 Å². The standard InChI is InChI=1S/C17H19N5O2/c1-10-7-13-15(11(2)24-10)20-21-16(13)17(23)18-8-12-9-22-6-4-3-5-14(22)19-12/h3-6,9-11H,7-8H2,1-2H3,(H,18,23)(H,20,21)/t10-,11+/m1/s1. The normalized spacial score (nSPS) is 20.1. The van der Waals surface area contributed by atoms with Gasteiger partial charge in [-0.25, -0.2) is 4.98 Å². The molecule has 2 N–H and O–H groups in total.